The van der Waals surface area contributed by atoms with E-state index in [4.69, 9.17) is 17.2 Å². The molecule has 0 aliphatic carbocycles. The van der Waals surface area contributed by atoms with Crippen LogP contribution in [0, 0.1) is 0 Å². The second-order valence-electron chi connectivity index (χ2n) is 2.95. The number of hydrogen-bond acceptors (Lipinski definition) is 2. The Bertz CT molecular complexity index is 187. The monoisotopic (exact) mass is 187 g/mol. The maximum absolute atomic E-state index is 11.0. The Labute approximate surface area is 78.4 Å². The molecule has 0 heterocycles. The minimum absolute atomic E-state index is 0.102. The highest BCUT2D eigenvalue weighted by molar-refractivity contribution is 5.83. The van der Waals surface area contributed by atoms with Crippen LogP contribution in [-0.4, -0.2) is 24.3 Å². The zero-order chi connectivity index (χ0) is 10.3. The van der Waals surface area contributed by atoms with E-state index in [1.165, 1.54) is 0 Å². The number of rotatable bonds is 6. The van der Waals surface area contributed by atoms with Crippen molar-refractivity contribution in [3.63, 3.8) is 0 Å². The van der Waals surface area contributed by atoms with Crippen LogP contribution in [0.3, 0.4) is 0 Å². The molecule has 0 saturated heterocycles. The molecule has 0 aliphatic rings. The molecule has 0 aliphatic heterocycles. The predicted molar refractivity (Wildman–Crippen MR) is 51.7 cm³/mol. The smallest absolute Gasteiger partial charge is 0.322 e. The van der Waals surface area contributed by atoms with Crippen molar-refractivity contribution in [2.45, 2.75) is 32.2 Å². The molecule has 0 rings (SSSR count). The van der Waals surface area contributed by atoms with Crippen molar-refractivity contribution in [1.29, 1.82) is 0 Å². The molecule has 0 spiro atoms. The van der Waals surface area contributed by atoms with E-state index in [9.17, 15) is 4.79 Å². The lowest BCUT2D eigenvalue weighted by atomic mass is 10.1. The van der Waals surface area contributed by atoms with Gasteiger partial charge in [0.2, 0.25) is 0 Å². The van der Waals surface area contributed by atoms with Gasteiger partial charge in [-0.3, -0.25) is 21.3 Å². The summed E-state index contributed by atoms with van der Waals surface area (Å²) in [5.41, 5.74) is 16.0. The average Bonchev–Trinajstić information content (AvgIpc) is 2.10. The third kappa shape index (κ3) is 6.10. The zero-order valence-electron chi connectivity index (χ0n) is 8.05. The summed E-state index contributed by atoms with van der Waals surface area (Å²) in [4.78, 5) is 13.8. The molecule has 1 unspecified atom stereocenters. The maximum atomic E-state index is 11.0. The van der Waals surface area contributed by atoms with Gasteiger partial charge in [0.1, 0.15) is 5.78 Å². The van der Waals surface area contributed by atoms with E-state index in [1.54, 1.807) is 0 Å². The van der Waals surface area contributed by atoms with Crippen LogP contribution in [-0.2, 0) is 4.79 Å². The summed E-state index contributed by atoms with van der Waals surface area (Å²) >= 11 is 0. The molecular formula is C8H19N4O+. The van der Waals surface area contributed by atoms with Gasteiger partial charge in [0, 0.05) is 6.42 Å². The average molecular weight is 187 g/mol. The molecule has 5 heteroatoms. The third-order valence-electron chi connectivity index (χ3n) is 1.78. The van der Waals surface area contributed by atoms with Gasteiger partial charge >= 0.3 is 5.96 Å². The highest BCUT2D eigenvalue weighted by Gasteiger charge is 2.09. The van der Waals surface area contributed by atoms with Crippen molar-refractivity contribution in [3.8, 4) is 0 Å². The Morgan fingerprint density at radius 3 is 2.54 bits per heavy atom. The first-order valence-corrected chi connectivity index (χ1v) is 4.48. The Hall–Kier alpha value is -1.10. The SMILES string of the molecule is CCC(=O)C(N)CCC[NH+]=C(N)N. The lowest BCUT2D eigenvalue weighted by molar-refractivity contribution is -0.459. The summed E-state index contributed by atoms with van der Waals surface area (Å²) in [6, 6.07) is -0.342. The van der Waals surface area contributed by atoms with Gasteiger partial charge < -0.3 is 5.73 Å². The molecule has 1 atom stereocenters. The molecule has 7 N–H and O–H groups in total. The van der Waals surface area contributed by atoms with Crippen molar-refractivity contribution < 1.29 is 9.79 Å². The van der Waals surface area contributed by atoms with Crippen LogP contribution in [0.1, 0.15) is 26.2 Å². The molecular weight excluding hydrogens is 168 g/mol. The van der Waals surface area contributed by atoms with Crippen LogP contribution in [0.15, 0.2) is 0 Å². The van der Waals surface area contributed by atoms with E-state index >= 15 is 0 Å². The van der Waals surface area contributed by atoms with Crippen LogP contribution < -0.4 is 22.2 Å². The van der Waals surface area contributed by atoms with Crippen LogP contribution in [0.25, 0.3) is 0 Å². The normalized spacial score (nSPS) is 12.2. The van der Waals surface area contributed by atoms with Crippen molar-refractivity contribution in [2.24, 2.45) is 17.2 Å². The topological polar surface area (TPSA) is 109 Å². The van der Waals surface area contributed by atoms with Crippen LogP contribution >= 0.6 is 0 Å². The van der Waals surface area contributed by atoms with Crippen molar-refractivity contribution in [3.05, 3.63) is 0 Å². The molecule has 0 radical (unpaired) electrons. The molecule has 0 bridgehead atoms. The second kappa shape index (κ2) is 6.42. The van der Waals surface area contributed by atoms with Gasteiger partial charge in [0.15, 0.2) is 0 Å². The van der Waals surface area contributed by atoms with Gasteiger partial charge in [-0.2, -0.15) is 0 Å². The molecule has 0 amide bonds. The second-order valence-corrected chi connectivity index (χ2v) is 2.95. The molecule has 13 heavy (non-hydrogen) atoms. The number of carbonyl (C=O) groups excluding carboxylic acids is 1. The number of hydrogen-bond donors (Lipinski definition) is 4. The number of nitrogens with one attached hydrogen (secondary N) is 1. The predicted octanol–water partition coefficient (Wildman–Crippen LogP) is -2.57. The number of Topliss-reactive ketones (excluding diaryl/α,β-unsaturated/α-hetero) is 1. The van der Waals surface area contributed by atoms with Gasteiger partial charge in [0.05, 0.1) is 12.6 Å². The van der Waals surface area contributed by atoms with Gasteiger partial charge in [-0.05, 0) is 12.8 Å². The number of nitrogens with two attached hydrogens (primary N) is 3. The molecule has 0 aromatic heterocycles. The number of guanidine groups is 1. The number of ketones is 1. The van der Waals surface area contributed by atoms with E-state index in [0.29, 0.717) is 19.4 Å². The van der Waals surface area contributed by atoms with Crippen molar-refractivity contribution in [1.82, 2.24) is 0 Å². The quantitative estimate of drug-likeness (QED) is 0.208. The Balaban J connectivity index is 3.53. The van der Waals surface area contributed by atoms with Crippen LogP contribution in [0.5, 0.6) is 0 Å². The number of carbonyl (C=O) groups is 1. The van der Waals surface area contributed by atoms with Gasteiger partial charge in [-0.15, -0.1) is 0 Å². The lowest BCUT2D eigenvalue weighted by Crippen LogP contribution is -2.78. The van der Waals surface area contributed by atoms with Gasteiger partial charge in [-0.1, -0.05) is 6.92 Å². The highest BCUT2D eigenvalue weighted by atomic mass is 16.1. The Morgan fingerprint density at radius 2 is 2.08 bits per heavy atom. The summed E-state index contributed by atoms with van der Waals surface area (Å²) in [6.45, 7) is 2.47. The zero-order valence-corrected chi connectivity index (χ0v) is 8.05. The summed E-state index contributed by atoms with van der Waals surface area (Å²) < 4.78 is 0. The van der Waals surface area contributed by atoms with E-state index in [1.807, 2.05) is 6.92 Å². The van der Waals surface area contributed by atoms with E-state index in [0.717, 1.165) is 6.42 Å². The summed E-state index contributed by atoms with van der Waals surface area (Å²) in [6.07, 6.45) is 1.97. The summed E-state index contributed by atoms with van der Waals surface area (Å²) in [5, 5.41) is 0. The molecule has 0 aromatic rings. The lowest BCUT2D eigenvalue weighted by Gasteiger charge is -2.06. The first-order valence-electron chi connectivity index (χ1n) is 4.48. The largest absolute Gasteiger partial charge is 0.338 e. The molecule has 76 valence electrons. The molecule has 0 saturated carbocycles. The standard InChI is InChI=1S/C8H18N4O/c1-2-7(13)6(9)4-3-5-12-8(10)11/h6H,2-5,9H2,1H3,(H4,10,11,12)/p+1. The third-order valence-corrected chi connectivity index (χ3v) is 1.78. The van der Waals surface area contributed by atoms with Gasteiger partial charge in [-0.25, -0.2) is 0 Å². The fraction of sp³-hybridized carbons (Fsp3) is 0.750. The summed E-state index contributed by atoms with van der Waals surface area (Å²) in [5.74, 6) is 0.306. The van der Waals surface area contributed by atoms with E-state index in [-0.39, 0.29) is 17.8 Å². The molecule has 0 aromatic carbocycles. The van der Waals surface area contributed by atoms with Crippen molar-refractivity contribution in [2.75, 3.05) is 6.54 Å². The Kier molecular flexibility index (Phi) is 5.88. The fourth-order valence-electron chi connectivity index (χ4n) is 0.978. The first kappa shape index (κ1) is 11.9. The molecule has 0 fully saturated rings. The van der Waals surface area contributed by atoms with E-state index < -0.39 is 0 Å². The first-order chi connectivity index (χ1) is 6.07. The summed E-state index contributed by atoms with van der Waals surface area (Å²) in [7, 11) is 0. The Morgan fingerprint density at radius 1 is 1.46 bits per heavy atom. The van der Waals surface area contributed by atoms with E-state index in [2.05, 4.69) is 4.99 Å². The fourth-order valence-corrected chi connectivity index (χ4v) is 0.978. The van der Waals surface area contributed by atoms with Crippen LogP contribution in [0.4, 0.5) is 0 Å². The highest BCUT2D eigenvalue weighted by Crippen LogP contribution is 1.96. The van der Waals surface area contributed by atoms with Crippen LogP contribution in [0.2, 0.25) is 0 Å². The molecule has 5 nitrogen and oxygen atoms in total. The minimum atomic E-state index is -0.342. The van der Waals surface area contributed by atoms with Gasteiger partial charge in [0.25, 0.3) is 0 Å². The minimum Gasteiger partial charge on any atom is -0.322 e. The van der Waals surface area contributed by atoms with Crippen molar-refractivity contribution >= 4 is 11.7 Å². The maximum Gasteiger partial charge on any atom is 0.338 e.